The molecule has 2 aliphatic heterocycles. The van der Waals surface area contributed by atoms with Crippen LogP contribution in [0.1, 0.15) is 6.92 Å². The van der Waals surface area contributed by atoms with Gasteiger partial charge in [-0.1, -0.05) is 0 Å². The molecule has 88 valence electrons. The number of aliphatic hydroxyl groups is 5. The van der Waals surface area contributed by atoms with Crippen molar-refractivity contribution in [3.05, 3.63) is 0 Å². The van der Waals surface area contributed by atoms with Gasteiger partial charge in [-0.25, -0.2) is 0 Å². The predicted octanol–water partition coefficient (Wildman–Crippen LogP) is -3.12. The summed E-state index contributed by atoms with van der Waals surface area (Å²) in [6, 6.07) is -1.69. The third kappa shape index (κ3) is 1.33. The van der Waals surface area contributed by atoms with Crippen molar-refractivity contribution in [3.63, 3.8) is 0 Å². The van der Waals surface area contributed by atoms with E-state index in [1.165, 1.54) is 0 Å². The molecule has 0 radical (unpaired) electrons. The minimum Gasteiger partial charge on any atom is -0.395 e. The van der Waals surface area contributed by atoms with Crippen LogP contribution in [0.5, 0.6) is 0 Å². The molecule has 0 spiro atoms. The second-order valence-electron chi connectivity index (χ2n) is 4.39. The van der Waals surface area contributed by atoms with Gasteiger partial charge in [0.25, 0.3) is 0 Å². The summed E-state index contributed by atoms with van der Waals surface area (Å²) in [5.74, 6) is 0. The summed E-state index contributed by atoms with van der Waals surface area (Å²) in [5.41, 5.74) is 0. The highest BCUT2D eigenvalue weighted by Crippen LogP contribution is 2.37. The molecule has 0 saturated carbocycles. The van der Waals surface area contributed by atoms with E-state index in [9.17, 15) is 20.4 Å². The summed E-state index contributed by atoms with van der Waals surface area (Å²) in [5, 5.41) is 47.8. The molecule has 15 heavy (non-hydrogen) atoms. The molecule has 2 saturated heterocycles. The lowest BCUT2D eigenvalue weighted by Crippen LogP contribution is -2.45. The fourth-order valence-electron chi connectivity index (χ4n) is 2.82. The Labute approximate surface area is 87.4 Å². The maximum atomic E-state index is 9.70. The summed E-state index contributed by atoms with van der Waals surface area (Å²) in [4.78, 5) is 1.60. The lowest BCUT2D eigenvalue weighted by atomic mass is 10.00. The van der Waals surface area contributed by atoms with Gasteiger partial charge in [-0.05, 0) is 6.92 Å². The Morgan fingerprint density at radius 3 is 2.00 bits per heavy atom. The maximum absolute atomic E-state index is 9.70. The molecule has 2 heterocycles. The monoisotopic (exact) mass is 219 g/mol. The highest BCUT2D eigenvalue weighted by Gasteiger charge is 2.59. The quantitative estimate of drug-likeness (QED) is 0.319. The zero-order valence-corrected chi connectivity index (χ0v) is 8.43. The average molecular weight is 219 g/mol. The fourth-order valence-corrected chi connectivity index (χ4v) is 2.82. The number of aliphatic hydroxyl groups excluding tert-OH is 5. The van der Waals surface area contributed by atoms with E-state index < -0.39 is 36.5 Å². The molecule has 0 bridgehead atoms. The number of rotatable bonds is 1. The predicted molar refractivity (Wildman–Crippen MR) is 50.0 cm³/mol. The number of fused-ring (bicyclic) bond motifs is 1. The van der Waals surface area contributed by atoms with Gasteiger partial charge in [0.15, 0.2) is 0 Å². The summed E-state index contributed by atoms with van der Waals surface area (Å²) in [6.07, 6.45) is -4.24. The van der Waals surface area contributed by atoms with Crippen LogP contribution >= 0.6 is 0 Å². The normalized spacial score (nSPS) is 56.0. The largest absolute Gasteiger partial charge is 0.395 e. The number of hydrogen-bond acceptors (Lipinski definition) is 6. The highest BCUT2D eigenvalue weighted by molar-refractivity contribution is 5.12. The van der Waals surface area contributed by atoms with Gasteiger partial charge in [-0.15, -0.1) is 0 Å². The van der Waals surface area contributed by atoms with Gasteiger partial charge >= 0.3 is 0 Å². The number of nitrogens with zero attached hydrogens (tertiary/aromatic N) is 1. The molecule has 0 unspecified atom stereocenters. The molecule has 0 aromatic heterocycles. The van der Waals surface area contributed by atoms with Gasteiger partial charge < -0.3 is 25.5 Å². The van der Waals surface area contributed by atoms with Gasteiger partial charge in [0.2, 0.25) is 0 Å². The van der Waals surface area contributed by atoms with Crippen LogP contribution in [-0.4, -0.2) is 79.6 Å². The van der Waals surface area contributed by atoms with Crippen molar-refractivity contribution in [1.82, 2.24) is 4.90 Å². The summed E-state index contributed by atoms with van der Waals surface area (Å²) < 4.78 is 0. The Hall–Kier alpha value is -0.240. The first kappa shape index (κ1) is 11.3. The van der Waals surface area contributed by atoms with Crippen molar-refractivity contribution in [3.8, 4) is 0 Å². The third-order valence-corrected chi connectivity index (χ3v) is 3.67. The van der Waals surface area contributed by atoms with E-state index in [2.05, 4.69) is 0 Å². The standard InChI is InChI=1S/C9H17NO5/c1-3-6(12)8(14)5-9(15)7(13)4(2-11)10(3)5/h3-9,11-15H,2H2,1H3/t3-,4+,5+,6-,7+,8+,9-/m0/s1. The molecule has 0 amide bonds. The van der Waals surface area contributed by atoms with Crippen LogP contribution in [0, 0.1) is 0 Å². The van der Waals surface area contributed by atoms with Gasteiger partial charge in [0, 0.05) is 6.04 Å². The van der Waals surface area contributed by atoms with Crippen LogP contribution in [0.25, 0.3) is 0 Å². The SMILES string of the molecule is C[C@H]1[C@H](O)[C@H](O)[C@@H]2[C@H](O)[C@H](O)[C@@H](CO)N21. The van der Waals surface area contributed by atoms with Gasteiger partial charge in [-0.2, -0.15) is 0 Å². The zero-order valence-electron chi connectivity index (χ0n) is 8.43. The van der Waals surface area contributed by atoms with Crippen molar-refractivity contribution in [2.75, 3.05) is 6.61 Å². The first-order chi connectivity index (χ1) is 7.00. The Balaban J connectivity index is 2.29. The molecule has 2 aliphatic rings. The minimum atomic E-state index is -1.13. The van der Waals surface area contributed by atoms with Gasteiger partial charge in [-0.3, -0.25) is 4.90 Å². The molecule has 5 N–H and O–H groups in total. The van der Waals surface area contributed by atoms with E-state index in [0.29, 0.717) is 0 Å². The molecule has 0 aromatic rings. The van der Waals surface area contributed by atoms with Crippen molar-refractivity contribution in [1.29, 1.82) is 0 Å². The average Bonchev–Trinajstić information content (AvgIpc) is 2.59. The molecule has 0 aromatic carbocycles. The summed E-state index contributed by atoms with van der Waals surface area (Å²) >= 11 is 0. The Morgan fingerprint density at radius 2 is 1.47 bits per heavy atom. The molecule has 0 aliphatic carbocycles. The van der Waals surface area contributed by atoms with Crippen LogP contribution in [0.4, 0.5) is 0 Å². The second kappa shape index (κ2) is 3.65. The molecule has 2 rings (SSSR count). The Bertz CT molecular complexity index is 251. The minimum absolute atomic E-state index is 0.307. The van der Waals surface area contributed by atoms with Crippen LogP contribution in [0.3, 0.4) is 0 Å². The second-order valence-corrected chi connectivity index (χ2v) is 4.39. The van der Waals surface area contributed by atoms with Crippen molar-refractivity contribution < 1.29 is 25.5 Å². The lowest BCUT2D eigenvalue weighted by Gasteiger charge is -2.27. The van der Waals surface area contributed by atoms with E-state index >= 15 is 0 Å². The van der Waals surface area contributed by atoms with Crippen LogP contribution in [0.15, 0.2) is 0 Å². The van der Waals surface area contributed by atoms with E-state index in [0.717, 1.165) is 0 Å². The molecule has 6 heteroatoms. The van der Waals surface area contributed by atoms with E-state index in [1.807, 2.05) is 0 Å². The summed E-state index contributed by atoms with van der Waals surface area (Å²) in [6.45, 7) is 1.39. The van der Waals surface area contributed by atoms with E-state index in [1.54, 1.807) is 11.8 Å². The van der Waals surface area contributed by atoms with E-state index in [-0.39, 0.29) is 12.6 Å². The molecule has 2 fully saturated rings. The maximum Gasteiger partial charge on any atom is 0.0996 e. The first-order valence-electron chi connectivity index (χ1n) is 5.11. The third-order valence-electron chi connectivity index (χ3n) is 3.67. The number of hydrogen-bond donors (Lipinski definition) is 5. The molecular weight excluding hydrogens is 202 g/mol. The van der Waals surface area contributed by atoms with Crippen LogP contribution in [0.2, 0.25) is 0 Å². The van der Waals surface area contributed by atoms with Gasteiger partial charge in [0.1, 0.15) is 0 Å². The van der Waals surface area contributed by atoms with Gasteiger partial charge in [0.05, 0.1) is 43.1 Å². The first-order valence-corrected chi connectivity index (χ1v) is 5.11. The zero-order chi connectivity index (χ0) is 11.3. The van der Waals surface area contributed by atoms with Crippen molar-refractivity contribution in [2.24, 2.45) is 0 Å². The lowest BCUT2D eigenvalue weighted by molar-refractivity contribution is -0.0321. The smallest absolute Gasteiger partial charge is 0.0996 e. The Kier molecular flexibility index (Phi) is 2.74. The van der Waals surface area contributed by atoms with E-state index in [4.69, 9.17) is 5.11 Å². The molecular formula is C9H17NO5. The van der Waals surface area contributed by atoms with Crippen LogP contribution in [-0.2, 0) is 0 Å². The van der Waals surface area contributed by atoms with Crippen molar-refractivity contribution >= 4 is 0 Å². The van der Waals surface area contributed by atoms with Crippen molar-refractivity contribution in [2.45, 2.75) is 49.5 Å². The van der Waals surface area contributed by atoms with Crippen LogP contribution < -0.4 is 0 Å². The topological polar surface area (TPSA) is 104 Å². The molecule has 7 atom stereocenters. The highest BCUT2D eigenvalue weighted by atomic mass is 16.4. The Morgan fingerprint density at radius 1 is 0.933 bits per heavy atom. The molecule has 6 nitrogen and oxygen atoms in total. The summed E-state index contributed by atoms with van der Waals surface area (Å²) in [7, 11) is 0. The fraction of sp³-hybridized carbons (Fsp3) is 1.00.